The van der Waals surface area contributed by atoms with Gasteiger partial charge >= 0.3 is 0 Å². The zero-order valence-electron chi connectivity index (χ0n) is 23.6. The molecule has 1 fully saturated rings. The van der Waals surface area contributed by atoms with E-state index < -0.39 is 0 Å². The summed E-state index contributed by atoms with van der Waals surface area (Å²) in [5.41, 5.74) is 4.21. The van der Waals surface area contributed by atoms with Crippen LogP contribution in [-0.4, -0.2) is 85.7 Å². The molecule has 0 radical (unpaired) electrons. The van der Waals surface area contributed by atoms with E-state index in [1.807, 2.05) is 25.2 Å². The Labute approximate surface area is 240 Å². The van der Waals surface area contributed by atoms with Crippen LogP contribution in [0.1, 0.15) is 29.8 Å². The summed E-state index contributed by atoms with van der Waals surface area (Å²) in [5, 5.41) is 6.85. The van der Waals surface area contributed by atoms with Gasteiger partial charge in [0.25, 0.3) is 5.91 Å². The maximum absolute atomic E-state index is 13.5. The fraction of sp³-hybridized carbons (Fsp3) is 0.414. The molecule has 40 heavy (non-hydrogen) atoms. The predicted molar refractivity (Wildman–Crippen MR) is 159 cm³/mol. The molecule has 10 nitrogen and oxygen atoms in total. The van der Waals surface area contributed by atoms with E-state index >= 15 is 0 Å². The lowest BCUT2D eigenvalue weighted by atomic mass is 9.94. The van der Waals surface area contributed by atoms with E-state index in [1.54, 1.807) is 25.2 Å². The van der Waals surface area contributed by atoms with Gasteiger partial charge in [-0.1, -0.05) is 11.6 Å². The van der Waals surface area contributed by atoms with Gasteiger partial charge in [-0.2, -0.15) is 4.98 Å². The first-order valence-electron chi connectivity index (χ1n) is 13.5. The second-order valence-electron chi connectivity index (χ2n) is 10.3. The van der Waals surface area contributed by atoms with Gasteiger partial charge in [0, 0.05) is 57.6 Å². The SMILES string of the molecule is COc1ccc(Nc2ncc(Cl)c(Nc3ccc(N4CCN(C(C)C)CC4)c4c3C(=O)N(C)CC4)n2)c(OC)c1. The van der Waals surface area contributed by atoms with Crippen molar-refractivity contribution in [2.24, 2.45) is 0 Å². The number of nitrogens with zero attached hydrogens (tertiary/aromatic N) is 5. The van der Waals surface area contributed by atoms with Crippen molar-refractivity contribution in [3.8, 4) is 11.5 Å². The number of carbonyl (C=O) groups is 1. The van der Waals surface area contributed by atoms with Crippen LogP contribution in [0.4, 0.5) is 28.8 Å². The van der Waals surface area contributed by atoms with Gasteiger partial charge in [0.2, 0.25) is 5.95 Å². The normalized spacial score (nSPS) is 15.7. The Balaban J connectivity index is 1.44. The van der Waals surface area contributed by atoms with Crippen molar-refractivity contribution in [2.45, 2.75) is 26.3 Å². The predicted octanol–water partition coefficient (Wildman–Crippen LogP) is 4.79. The number of fused-ring (bicyclic) bond motifs is 1. The second-order valence-corrected chi connectivity index (χ2v) is 10.7. The Morgan fingerprint density at radius 2 is 1.73 bits per heavy atom. The zero-order valence-corrected chi connectivity index (χ0v) is 24.4. The van der Waals surface area contributed by atoms with Crippen LogP contribution in [0.5, 0.6) is 11.5 Å². The molecule has 0 unspecified atom stereocenters. The number of aromatic nitrogens is 2. The van der Waals surface area contributed by atoms with Gasteiger partial charge in [0.15, 0.2) is 5.82 Å². The van der Waals surface area contributed by atoms with Crippen molar-refractivity contribution >= 4 is 46.3 Å². The molecule has 2 aromatic carbocycles. The molecule has 2 aliphatic rings. The number of amides is 1. The van der Waals surface area contributed by atoms with Gasteiger partial charge in [-0.3, -0.25) is 9.69 Å². The van der Waals surface area contributed by atoms with E-state index in [4.69, 9.17) is 21.1 Å². The highest BCUT2D eigenvalue weighted by Gasteiger charge is 2.30. The van der Waals surface area contributed by atoms with Gasteiger partial charge in [-0.05, 0) is 50.1 Å². The first-order chi connectivity index (χ1) is 19.3. The third kappa shape index (κ3) is 5.59. The van der Waals surface area contributed by atoms with Crippen molar-refractivity contribution in [2.75, 3.05) is 69.5 Å². The number of piperazine rings is 1. The van der Waals surface area contributed by atoms with Gasteiger partial charge in [-0.25, -0.2) is 4.98 Å². The standard InChI is InChI=1S/C29H36ClN7O3/c1-18(2)36-12-14-37(15-13-36)24-9-8-23(26-20(24)10-11-35(3)28(26)38)32-27-21(30)17-31-29(34-27)33-22-7-6-19(39-4)16-25(22)40-5/h6-9,16-18H,10-15H2,1-5H3,(H2,31,32,33,34). The second kappa shape index (κ2) is 11.8. The Hall–Kier alpha value is -3.76. The lowest BCUT2D eigenvalue weighted by Gasteiger charge is -2.40. The summed E-state index contributed by atoms with van der Waals surface area (Å²) in [6, 6.07) is 10.0. The molecular formula is C29H36ClN7O3. The Morgan fingerprint density at radius 3 is 2.42 bits per heavy atom. The number of halogens is 1. The van der Waals surface area contributed by atoms with Gasteiger partial charge < -0.3 is 29.9 Å². The molecule has 2 N–H and O–H groups in total. The summed E-state index contributed by atoms with van der Waals surface area (Å²) in [7, 11) is 5.02. The molecule has 0 atom stereocenters. The highest BCUT2D eigenvalue weighted by atomic mass is 35.5. The number of benzene rings is 2. The summed E-state index contributed by atoms with van der Waals surface area (Å²) >= 11 is 6.52. The minimum Gasteiger partial charge on any atom is -0.497 e. The molecule has 1 saturated heterocycles. The number of carbonyl (C=O) groups excluding carboxylic acids is 1. The molecule has 212 valence electrons. The number of nitrogens with one attached hydrogen (secondary N) is 2. The Morgan fingerprint density at radius 1 is 0.975 bits per heavy atom. The maximum Gasteiger partial charge on any atom is 0.256 e. The summed E-state index contributed by atoms with van der Waals surface area (Å²) in [5.74, 6) is 1.96. The average Bonchev–Trinajstić information content (AvgIpc) is 2.97. The molecule has 0 aliphatic carbocycles. The summed E-state index contributed by atoms with van der Waals surface area (Å²) < 4.78 is 10.8. The van der Waals surface area contributed by atoms with E-state index in [1.165, 1.54) is 6.20 Å². The molecule has 3 aromatic rings. The van der Waals surface area contributed by atoms with Crippen molar-refractivity contribution in [1.29, 1.82) is 0 Å². The topological polar surface area (TPSA) is 95.1 Å². The number of methoxy groups -OCH3 is 2. The molecule has 3 heterocycles. The fourth-order valence-electron chi connectivity index (χ4n) is 5.25. The number of ether oxygens (including phenoxy) is 2. The lowest BCUT2D eigenvalue weighted by Crippen LogP contribution is -2.49. The quantitative estimate of drug-likeness (QED) is 0.399. The third-order valence-electron chi connectivity index (χ3n) is 7.58. The van der Waals surface area contributed by atoms with Crippen LogP contribution in [0, 0.1) is 0 Å². The number of rotatable bonds is 8. The summed E-state index contributed by atoms with van der Waals surface area (Å²) in [4.78, 5) is 29.1. The van der Waals surface area contributed by atoms with E-state index in [2.05, 4.69) is 50.3 Å². The first kappa shape index (κ1) is 27.8. The van der Waals surface area contributed by atoms with E-state index in [0.29, 0.717) is 57.8 Å². The van der Waals surface area contributed by atoms with Crippen LogP contribution in [0.3, 0.4) is 0 Å². The Kier molecular flexibility index (Phi) is 8.18. The molecule has 5 rings (SSSR count). The van der Waals surface area contributed by atoms with Crippen LogP contribution in [0.2, 0.25) is 5.02 Å². The highest BCUT2D eigenvalue weighted by Crippen LogP contribution is 2.37. The van der Waals surface area contributed by atoms with Crippen molar-refractivity contribution in [3.05, 3.63) is 52.7 Å². The number of anilines is 5. The minimum absolute atomic E-state index is 0.0158. The van der Waals surface area contributed by atoms with E-state index in [-0.39, 0.29) is 5.91 Å². The minimum atomic E-state index is -0.0158. The first-order valence-corrected chi connectivity index (χ1v) is 13.9. The average molecular weight is 566 g/mol. The van der Waals surface area contributed by atoms with Crippen LogP contribution in [0.25, 0.3) is 0 Å². The maximum atomic E-state index is 13.5. The summed E-state index contributed by atoms with van der Waals surface area (Å²) in [6.07, 6.45) is 2.31. The monoisotopic (exact) mass is 565 g/mol. The number of hydrogen-bond donors (Lipinski definition) is 2. The smallest absolute Gasteiger partial charge is 0.256 e. The third-order valence-corrected chi connectivity index (χ3v) is 7.86. The zero-order chi connectivity index (χ0) is 28.4. The van der Waals surface area contributed by atoms with E-state index in [0.717, 1.165) is 43.9 Å². The fourth-order valence-corrected chi connectivity index (χ4v) is 5.39. The van der Waals surface area contributed by atoms with Crippen LogP contribution < -0.4 is 25.0 Å². The Bertz CT molecular complexity index is 1390. The molecule has 0 saturated carbocycles. The van der Waals surface area contributed by atoms with Crippen LogP contribution >= 0.6 is 11.6 Å². The molecular weight excluding hydrogens is 530 g/mol. The number of hydrogen-bond acceptors (Lipinski definition) is 9. The van der Waals surface area contributed by atoms with Gasteiger partial charge in [-0.15, -0.1) is 0 Å². The van der Waals surface area contributed by atoms with Gasteiger partial charge in [0.1, 0.15) is 16.5 Å². The molecule has 11 heteroatoms. The lowest BCUT2D eigenvalue weighted by molar-refractivity contribution is 0.0782. The number of likely N-dealkylation sites (N-methyl/N-ethyl adjacent to an activating group) is 1. The van der Waals surface area contributed by atoms with Crippen molar-refractivity contribution < 1.29 is 14.3 Å². The molecule has 1 amide bonds. The van der Waals surface area contributed by atoms with Crippen LogP contribution in [0.15, 0.2) is 36.5 Å². The van der Waals surface area contributed by atoms with Crippen molar-refractivity contribution in [3.63, 3.8) is 0 Å². The van der Waals surface area contributed by atoms with Crippen LogP contribution in [-0.2, 0) is 6.42 Å². The van der Waals surface area contributed by atoms with Crippen molar-refractivity contribution in [1.82, 2.24) is 19.8 Å². The molecule has 2 aliphatic heterocycles. The molecule has 1 aromatic heterocycles. The largest absolute Gasteiger partial charge is 0.497 e. The molecule has 0 spiro atoms. The van der Waals surface area contributed by atoms with E-state index in [9.17, 15) is 4.79 Å². The van der Waals surface area contributed by atoms with Gasteiger partial charge in [0.05, 0.1) is 37.4 Å². The molecule has 0 bridgehead atoms. The summed E-state index contributed by atoms with van der Waals surface area (Å²) in [6.45, 7) is 9.03. The highest BCUT2D eigenvalue weighted by molar-refractivity contribution is 6.33.